The Labute approximate surface area is 187 Å². The lowest BCUT2D eigenvalue weighted by atomic mass is 10.1. The summed E-state index contributed by atoms with van der Waals surface area (Å²) in [7, 11) is 0. The van der Waals surface area contributed by atoms with Crippen LogP contribution in [0.1, 0.15) is 11.1 Å². The molecule has 2 aromatic carbocycles. The summed E-state index contributed by atoms with van der Waals surface area (Å²) in [6, 6.07) is 13.6. The number of carbonyl (C=O) groups is 1. The van der Waals surface area contributed by atoms with E-state index in [0.717, 1.165) is 11.1 Å². The smallest absolute Gasteiger partial charge is 0.336 e. The van der Waals surface area contributed by atoms with Gasteiger partial charge >= 0.3 is 5.63 Å². The number of ether oxygens (including phenoxy) is 1. The minimum absolute atomic E-state index is 0.241. The van der Waals surface area contributed by atoms with Crippen LogP contribution in [0.15, 0.2) is 63.9 Å². The van der Waals surface area contributed by atoms with Gasteiger partial charge in [0.1, 0.15) is 17.2 Å². The van der Waals surface area contributed by atoms with Crippen molar-refractivity contribution >= 4 is 45.9 Å². The van der Waals surface area contributed by atoms with Crippen LogP contribution in [0.4, 0.5) is 5.82 Å². The third-order valence-corrected chi connectivity index (χ3v) is 5.10. The quantitative estimate of drug-likeness (QED) is 0.425. The Morgan fingerprint density at radius 1 is 1.19 bits per heavy atom. The van der Waals surface area contributed by atoms with Gasteiger partial charge in [-0.3, -0.25) is 4.79 Å². The second-order valence-corrected chi connectivity index (χ2v) is 7.71. The second-order valence-electron chi connectivity index (χ2n) is 6.87. The number of amides is 1. The summed E-state index contributed by atoms with van der Waals surface area (Å²) in [6.45, 7) is 1.94. The maximum atomic E-state index is 12.4. The van der Waals surface area contributed by atoms with Gasteiger partial charge in [-0.25, -0.2) is 9.48 Å². The minimum Gasteiger partial charge on any atom is -0.482 e. The predicted molar refractivity (Wildman–Crippen MR) is 119 cm³/mol. The Morgan fingerprint density at radius 3 is 2.84 bits per heavy atom. The average molecular weight is 458 g/mol. The maximum Gasteiger partial charge on any atom is 0.336 e. The van der Waals surface area contributed by atoms with Gasteiger partial charge < -0.3 is 14.5 Å². The number of halogens is 2. The van der Waals surface area contributed by atoms with Crippen molar-refractivity contribution in [3.8, 4) is 5.75 Å². The van der Waals surface area contributed by atoms with Gasteiger partial charge in [-0.1, -0.05) is 35.3 Å². The van der Waals surface area contributed by atoms with Gasteiger partial charge in [0.15, 0.2) is 6.61 Å². The lowest BCUT2D eigenvalue weighted by Gasteiger charge is -2.11. The van der Waals surface area contributed by atoms with E-state index in [-0.39, 0.29) is 12.4 Å². The number of aromatic nitrogens is 2. The number of benzene rings is 2. The molecule has 0 unspecified atom stereocenters. The number of hydrogen-bond acceptors (Lipinski definition) is 5. The molecule has 0 fully saturated rings. The van der Waals surface area contributed by atoms with E-state index in [1.807, 2.05) is 18.2 Å². The van der Waals surface area contributed by atoms with Crippen LogP contribution < -0.4 is 15.7 Å². The number of nitrogens with zero attached hydrogens (tertiary/aromatic N) is 2. The van der Waals surface area contributed by atoms with Crippen LogP contribution >= 0.6 is 23.2 Å². The zero-order chi connectivity index (χ0) is 22.0. The molecule has 4 aromatic rings. The van der Waals surface area contributed by atoms with E-state index in [1.165, 1.54) is 12.1 Å². The number of nitrogens with one attached hydrogen (secondary N) is 1. The third kappa shape index (κ3) is 4.90. The molecule has 1 amide bonds. The molecule has 31 heavy (non-hydrogen) atoms. The summed E-state index contributed by atoms with van der Waals surface area (Å²) < 4.78 is 12.4. The van der Waals surface area contributed by atoms with Crippen molar-refractivity contribution in [3.05, 3.63) is 86.3 Å². The van der Waals surface area contributed by atoms with Crippen molar-refractivity contribution in [1.29, 1.82) is 0 Å². The van der Waals surface area contributed by atoms with E-state index in [2.05, 4.69) is 10.4 Å². The number of anilines is 1. The molecule has 0 atom stereocenters. The molecule has 0 saturated carbocycles. The molecule has 2 aromatic heterocycles. The number of carbonyl (C=O) groups excluding carboxylic acids is 1. The molecule has 2 heterocycles. The summed E-state index contributed by atoms with van der Waals surface area (Å²) in [4.78, 5) is 24.0. The molecule has 1 N–H and O–H groups in total. The first kappa shape index (κ1) is 21.0. The first-order chi connectivity index (χ1) is 14.9. The van der Waals surface area contributed by atoms with Gasteiger partial charge in [0.25, 0.3) is 5.91 Å². The molecular formula is C22H17Cl2N3O4. The average Bonchev–Trinajstić information content (AvgIpc) is 3.13. The highest BCUT2D eigenvalue weighted by atomic mass is 35.5. The highest BCUT2D eigenvalue weighted by molar-refractivity contribution is 6.32. The van der Waals surface area contributed by atoms with E-state index < -0.39 is 11.5 Å². The first-order valence-corrected chi connectivity index (χ1v) is 10.1. The molecule has 9 heteroatoms. The fourth-order valence-corrected chi connectivity index (χ4v) is 3.56. The van der Waals surface area contributed by atoms with Crippen molar-refractivity contribution < 1.29 is 13.9 Å². The van der Waals surface area contributed by atoms with Crippen LogP contribution in [0.2, 0.25) is 10.0 Å². The Kier molecular flexibility index (Phi) is 5.97. The Hall–Kier alpha value is -3.29. The van der Waals surface area contributed by atoms with Crippen LogP contribution in [0, 0.1) is 6.92 Å². The number of hydrogen-bond donors (Lipinski definition) is 1. The fraction of sp³-hybridized carbons (Fsp3) is 0.136. The topological polar surface area (TPSA) is 86.4 Å². The van der Waals surface area contributed by atoms with Gasteiger partial charge in [0, 0.05) is 28.6 Å². The van der Waals surface area contributed by atoms with Crippen LogP contribution in [0.25, 0.3) is 11.0 Å². The third-order valence-electron chi connectivity index (χ3n) is 4.57. The second kappa shape index (κ2) is 8.83. The van der Waals surface area contributed by atoms with Crippen molar-refractivity contribution in [2.24, 2.45) is 0 Å². The Balaban J connectivity index is 1.44. The standard InChI is InChI=1S/C22H17Cl2N3O4/c1-13-7-22(29)31-18-10-19(17(24)9-16(13)18)30-12-21(28)26-20-5-6-25-27(20)11-14-3-2-4-15(23)8-14/h2-10H,11-12H2,1H3,(H,26,28). The molecule has 7 nitrogen and oxygen atoms in total. The van der Waals surface area contributed by atoms with E-state index >= 15 is 0 Å². The van der Waals surface area contributed by atoms with Crippen molar-refractivity contribution in [2.75, 3.05) is 11.9 Å². The summed E-state index contributed by atoms with van der Waals surface area (Å²) >= 11 is 12.3. The summed E-state index contributed by atoms with van der Waals surface area (Å²) in [6.07, 6.45) is 1.59. The van der Waals surface area contributed by atoms with Gasteiger partial charge in [-0.2, -0.15) is 5.10 Å². The lowest BCUT2D eigenvalue weighted by Crippen LogP contribution is -2.22. The van der Waals surface area contributed by atoms with E-state index in [0.29, 0.717) is 33.4 Å². The van der Waals surface area contributed by atoms with E-state index in [4.69, 9.17) is 32.4 Å². The van der Waals surface area contributed by atoms with E-state index in [1.54, 1.807) is 36.0 Å². The van der Waals surface area contributed by atoms with Crippen LogP contribution in [-0.4, -0.2) is 22.3 Å². The van der Waals surface area contributed by atoms with E-state index in [9.17, 15) is 9.59 Å². The molecule has 0 bridgehead atoms. The molecule has 0 aliphatic rings. The fourth-order valence-electron chi connectivity index (χ4n) is 3.13. The highest BCUT2D eigenvalue weighted by Gasteiger charge is 2.13. The predicted octanol–water partition coefficient (Wildman–Crippen LogP) is 4.67. The summed E-state index contributed by atoms with van der Waals surface area (Å²) in [5, 5.41) is 8.63. The highest BCUT2D eigenvalue weighted by Crippen LogP contribution is 2.31. The molecule has 4 rings (SSSR count). The molecule has 0 saturated heterocycles. The van der Waals surface area contributed by atoms with Gasteiger partial charge in [0.05, 0.1) is 17.8 Å². The molecule has 0 radical (unpaired) electrons. The summed E-state index contributed by atoms with van der Waals surface area (Å²) in [5.41, 5.74) is 1.56. The van der Waals surface area contributed by atoms with Crippen LogP contribution in [0.5, 0.6) is 5.75 Å². The Bertz CT molecular complexity index is 1330. The normalized spacial score (nSPS) is 10.9. The minimum atomic E-state index is -0.469. The van der Waals surface area contributed by atoms with Gasteiger partial charge in [-0.15, -0.1) is 0 Å². The lowest BCUT2D eigenvalue weighted by molar-refractivity contribution is -0.118. The number of aryl methyl sites for hydroxylation is 1. The molecular weight excluding hydrogens is 441 g/mol. The zero-order valence-electron chi connectivity index (χ0n) is 16.4. The molecule has 0 aliphatic heterocycles. The Morgan fingerprint density at radius 2 is 2.03 bits per heavy atom. The molecule has 0 aliphatic carbocycles. The maximum absolute atomic E-state index is 12.4. The summed E-state index contributed by atoms with van der Waals surface area (Å²) in [5.74, 6) is 0.361. The zero-order valence-corrected chi connectivity index (χ0v) is 17.9. The monoisotopic (exact) mass is 457 g/mol. The number of rotatable bonds is 6. The van der Waals surface area contributed by atoms with Crippen LogP contribution in [0.3, 0.4) is 0 Å². The molecule has 158 valence electrons. The number of fused-ring (bicyclic) bond motifs is 1. The molecule has 0 spiro atoms. The van der Waals surface area contributed by atoms with Gasteiger partial charge in [-0.05, 0) is 36.2 Å². The van der Waals surface area contributed by atoms with Crippen LogP contribution in [-0.2, 0) is 11.3 Å². The van der Waals surface area contributed by atoms with Crippen molar-refractivity contribution in [3.63, 3.8) is 0 Å². The van der Waals surface area contributed by atoms with Crippen molar-refractivity contribution in [2.45, 2.75) is 13.5 Å². The first-order valence-electron chi connectivity index (χ1n) is 9.32. The van der Waals surface area contributed by atoms with Gasteiger partial charge in [0.2, 0.25) is 0 Å². The van der Waals surface area contributed by atoms with Crippen molar-refractivity contribution in [1.82, 2.24) is 9.78 Å². The largest absolute Gasteiger partial charge is 0.482 e. The SMILES string of the molecule is Cc1cc(=O)oc2cc(OCC(=O)Nc3ccnn3Cc3cccc(Cl)c3)c(Cl)cc12.